The van der Waals surface area contributed by atoms with E-state index in [4.69, 9.17) is 16.0 Å². The molecule has 5 heteroatoms. The van der Waals surface area contributed by atoms with Crippen molar-refractivity contribution in [3.05, 3.63) is 29.1 Å². The maximum Gasteiger partial charge on any atom is 0.265 e. The van der Waals surface area contributed by atoms with Crippen molar-refractivity contribution in [3.63, 3.8) is 0 Å². The lowest BCUT2D eigenvalue weighted by atomic mass is 10.3. The first-order chi connectivity index (χ1) is 6.72. The van der Waals surface area contributed by atoms with Crippen LogP contribution in [0, 0.1) is 0 Å². The molecule has 1 aromatic carbocycles. The number of carbonyl (C=O) groups is 1. The number of halogens is 2. The molecule has 1 aromatic heterocycles. The molecule has 0 aliphatic heterocycles. The molecule has 0 aliphatic carbocycles. The maximum atomic E-state index is 11.2. The van der Waals surface area contributed by atoms with Crippen molar-refractivity contribution in [1.82, 2.24) is 4.98 Å². The van der Waals surface area contributed by atoms with Crippen molar-refractivity contribution in [1.29, 1.82) is 0 Å². The summed E-state index contributed by atoms with van der Waals surface area (Å²) in [6, 6.07) is 5.17. The van der Waals surface area contributed by atoms with Gasteiger partial charge >= 0.3 is 0 Å². The quantitative estimate of drug-likeness (QED) is 0.624. The Morgan fingerprint density at radius 1 is 1.57 bits per heavy atom. The molecule has 0 amide bonds. The first-order valence-corrected chi connectivity index (χ1v) is 5.36. The molecule has 2 rings (SSSR count). The van der Waals surface area contributed by atoms with Crippen molar-refractivity contribution >= 4 is 44.4 Å². The number of hydrogen-bond acceptors (Lipinski definition) is 3. The SMILES string of the molecule is O=C(CBr)c1nc2c(Cl)cccc2o1. The molecule has 72 valence electrons. The number of oxazole rings is 1. The van der Waals surface area contributed by atoms with Gasteiger partial charge in [-0.3, -0.25) is 4.79 Å². The van der Waals surface area contributed by atoms with Gasteiger partial charge in [0, 0.05) is 0 Å². The molecule has 0 unspecified atom stereocenters. The first-order valence-electron chi connectivity index (χ1n) is 3.86. The highest BCUT2D eigenvalue weighted by molar-refractivity contribution is 9.09. The van der Waals surface area contributed by atoms with E-state index in [1.165, 1.54) is 0 Å². The van der Waals surface area contributed by atoms with E-state index in [0.29, 0.717) is 16.1 Å². The average molecular weight is 275 g/mol. The number of para-hydroxylation sites is 1. The highest BCUT2D eigenvalue weighted by Crippen LogP contribution is 2.23. The second-order valence-electron chi connectivity index (χ2n) is 2.66. The second-order valence-corrected chi connectivity index (χ2v) is 3.63. The van der Waals surface area contributed by atoms with Crippen molar-refractivity contribution in [2.45, 2.75) is 0 Å². The highest BCUT2D eigenvalue weighted by Gasteiger charge is 2.14. The van der Waals surface area contributed by atoms with Crippen LogP contribution in [0.25, 0.3) is 11.1 Å². The highest BCUT2D eigenvalue weighted by atomic mass is 79.9. The summed E-state index contributed by atoms with van der Waals surface area (Å²) < 4.78 is 5.23. The van der Waals surface area contributed by atoms with Gasteiger partial charge in [0.1, 0.15) is 5.52 Å². The van der Waals surface area contributed by atoms with Crippen molar-refractivity contribution < 1.29 is 9.21 Å². The van der Waals surface area contributed by atoms with Crippen LogP contribution in [-0.4, -0.2) is 16.1 Å². The minimum atomic E-state index is -0.197. The Bertz CT molecular complexity index is 495. The number of alkyl halides is 1. The molecule has 0 saturated heterocycles. The maximum absolute atomic E-state index is 11.2. The lowest BCUT2D eigenvalue weighted by Crippen LogP contribution is -1.99. The fourth-order valence-corrected chi connectivity index (χ4v) is 1.54. The van der Waals surface area contributed by atoms with E-state index in [2.05, 4.69) is 20.9 Å². The van der Waals surface area contributed by atoms with Gasteiger partial charge in [0.2, 0.25) is 5.78 Å². The number of ketones is 1. The van der Waals surface area contributed by atoms with Crippen LogP contribution in [0.5, 0.6) is 0 Å². The second kappa shape index (κ2) is 3.71. The third-order valence-corrected chi connectivity index (χ3v) is 2.54. The number of nitrogens with zero attached hydrogens (tertiary/aromatic N) is 1. The van der Waals surface area contributed by atoms with Crippen molar-refractivity contribution in [3.8, 4) is 0 Å². The average Bonchev–Trinajstić information content (AvgIpc) is 2.62. The Kier molecular flexibility index (Phi) is 2.56. The van der Waals surface area contributed by atoms with Crippen LogP contribution in [0.1, 0.15) is 10.7 Å². The van der Waals surface area contributed by atoms with E-state index < -0.39 is 0 Å². The monoisotopic (exact) mass is 273 g/mol. The smallest absolute Gasteiger partial charge is 0.265 e. The molecule has 1 heterocycles. The van der Waals surface area contributed by atoms with Gasteiger partial charge in [-0.1, -0.05) is 33.6 Å². The van der Waals surface area contributed by atoms with E-state index in [9.17, 15) is 4.79 Å². The third-order valence-electron chi connectivity index (χ3n) is 1.73. The summed E-state index contributed by atoms with van der Waals surface area (Å²) in [5.74, 6) is -0.109. The molecule has 2 aromatic rings. The number of carbonyl (C=O) groups excluding carboxylic acids is 1. The molecular formula is C9H5BrClNO2. The van der Waals surface area contributed by atoms with Gasteiger partial charge in [-0.2, -0.15) is 0 Å². The largest absolute Gasteiger partial charge is 0.434 e. The fourth-order valence-electron chi connectivity index (χ4n) is 1.09. The molecule has 3 nitrogen and oxygen atoms in total. The first kappa shape index (κ1) is 9.68. The fraction of sp³-hybridized carbons (Fsp3) is 0.111. The minimum Gasteiger partial charge on any atom is -0.434 e. The summed E-state index contributed by atoms with van der Waals surface area (Å²) in [5, 5.41) is 0.678. The van der Waals surface area contributed by atoms with E-state index >= 15 is 0 Å². The Labute approximate surface area is 93.2 Å². The number of benzene rings is 1. The van der Waals surface area contributed by atoms with Gasteiger partial charge in [0.05, 0.1) is 10.4 Å². The van der Waals surface area contributed by atoms with E-state index in [1.54, 1.807) is 18.2 Å². The summed E-state index contributed by atoms with van der Waals surface area (Å²) in [4.78, 5) is 15.3. The summed E-state index contributed by atoms with van der Waals surface area (Å²) >= 11 is 8.92. The number of Topliss-reactive ketones (excluding diaryl/α,β-unsaturated/α-hetero) is 1. The molecular weight excluding hydrogens is 269 g/mol. The van der Waals surface area contributed by atoms with Gasteiger partial charge < -0.3 is 4.42 Å². The predicted molar refractivity (Wildman–Crippen MR) is 57.1 cm³/mol. The molecule has 0 aliphatic rings. The molecule has 0 saturated carbocycles. The van der Waals surface area contributed by atoms with Crippen LogP contribution in [0.4, 0.5) is 0 Å². The van der Waals surface area contributed by atoms with Crippen LogP contribution >= 0.6 is 27.5 Å². The van der Waals surface area contributed by atoms with Gasteiger partial charge in [0.25, 0.3) is 5.89 Å². The zero-order valence-corrected chi connectivity index (χ0v) is 9.30. The number of rotatable bonds is 2. The third kappa shape index (κ3) is 1.55. The molecule has 14 heavy (non-hydrogen) atoms. The van der Waals surface area contributed by atoms with Gasteiger partial charge in [-0.25, -0.2) is 4.98 Å². The lowest BCUT2D eigenvalue weighted by molar-refractivity contribution is 0.0989. The van der Waals surface area contributed by atoms with Crippen LogP contribution in [0.2, 0.25) is 5.02 Å². The number of fused-ring (bicyclic) bond motifs is 1. The molecule has 0 bridgehead atoms. The van der Waals surface area contributed by atoms with E-state index in [1.807, 2.05) is 0 Å². The molecule has 0 fully saturated rings. The van der Waals surface area contributed by atoms with Crippen LogP contribution < -0.4 is 0 Å². The topological polar surface area (TPSA) is 43.1 Å². The summed E-state index contributed by atoms with van der Waals surface area (Å²) in [5.41, 5.74) is 1.06. The molecule has 0 radical (unpaired) electrons. The van der Waals surface area contributed by atoms with Crippen molar-refractivity contribution in [2.24, 2.45) is 0 Å². The van der Waals surface area contributed by atoms with Crippen molar-refractivity contribution in [2.75, 3.05) is 5.33 Å². The molecule has 0 atom stereocenters. The number of hydrogen-bond donors (Lipinski definition) is 0. The lowest BCUT2D eigenvalue weighted by Gasteiger charge is -1.86. The van der Waals surface area contributed by atoms with Crippen LogP contribution in [-0.2, 0) is 0 Å². The molecule has 0 spiro atoms. The minimum absolute atomic E-state index is 0.0879. The Hall–Kier alpha value is -0.870. The van der Waals surface area contributed by atoms with Crippen LogP contribution in [0.3, 0.4) is 0 Å². The summed E-state index contributed by atoms with van der Waals surface area (Å²) in [6.07, 6.45) is 0. The van der Waals surface area contributed by atoms with Gasteiger partial charge in [-0.05, 0) is 12.1 Å². The zero-order chi connectivity index (χ0) is 10.1. The number of aromatic nitrogens is 1. The summed E-state index contributed by atoms with van der Waals surface area (Å²) in [6.45, 7) is 0. The van der Waals surface area contributed by atoms with Gasteiger partial charge in [-0.15, -0.1) is 0 Å². The Balaban J connectivity index is 2.62. The predicted octanol–water partition coefficient (Wildman–Crippen LogP) is 3.06. The van der Waals surface area contributed by atoms with E-state index in [-0.39, 0.29) is 17.0 Å². The Morgan fingerprint density at radius 2 is 2.36 bits per heavy atom. The van der Waals surface area contributed by atoms with Gasteiger partial charge in [0.15, 0.2) is 5.58 Å². The molecule has 0 N–H and O–H groups in total. The summed E-state index contributed by atoms with van der Waals surface area (Å²) in [7, 11) is 0. The van der Waals surface area contributed by atoms with E-state index in [0.717, 1.165) is 0 Å². The normalized spacial score (nSPS) is 10.7. The Morgan fingerprint density at radius 3 is 3.00 bits per heavy atom. The van der Waals surface area contributed by atoms with Crippen LogP contribution in [0.15, 0.2) is 22.6 Å². The standard InChI is InChI=1S/C9H5BrClNO2/c10-4-6(13)9-12-8-5(11)2-1-3-7(8)14-9/h1-3H,4H2. The zero-order valence-electron chi connectivity index (χ0n) is 6.96.